The Morgan fingerprint density at radius 3 is 2.07 bits per heavy atom. The first-order valence-corrected chi connectivity index (χ1v) is 10.7. The largest absolute Gasteiger partial charge is 0.360 e. The van der Waals surface area contributed by atoms with Gasteiger partial charge < -0.3 is 14.7 Å². The van der Waals surface area contributed by atoms with Crippen molar-refractivity contribution in [2.24, 2.45) is 0 Å². The molecule has 2 aliphatic rings. The minimum atomic E-state index is -0.114. The molecule has 0 saturated carbocycles. The maximum Gasteiger partial charge on any atom is 0.285 e. The van der Waals surface area contributed by atoms with Crippen molar-refractivity contribution >= 4 is 17.4 Å². The lowest BCUT2D eigenvalue weighted by molar-refractivity contribution is -0.922. The molecule has 4 rings (SSSR count). The van der Waals surface area contributed by atoms with E-state index in [0.717, 1.165) is 68.9 Å². The minimum Gasteiger partial charge on any atom is -0.360 e. The minimum absolute atomic E-state index is 0.0944. The number of hydrogen-bond donors (Lipinski definition) is 1. The van der Waals surface area contributed by atoms with Gasteiger partial charge in [-0.3, -0.25) is 9.59 Å². The van der Waals surface area contributed by atoms with E-state index in [-0.39, 0.29) is 17.7 Å². The van der Waals surface area contributed by atoms with Crippen LogP contribution in [0.25, 0.3) is 0 Å². The highest BCUT2D eigenvalue weighted by Gasteiger charge is 2.37. The van der Waals surface area contributed by atoms with Gasteiger partial charge in [0.05, 0.1) is 26.2 Å². The van der Waals surface area contributed by atoms with E-state index in [9.17, 15) is 9.59 Å². The van der Waals surface area contributed by atoms with Crippen molar-refractivity contribution in [2.75, 3.05) is 44.2 Å². The first kappa shape index (κ1) is 19.6. The average molecular weight is 393 g/mol. The van der Waals surface area contributed by atoms with Crippen LogP contribution in [0.2, 0.25) is 0 Å². The topological polar surface area (TPSA) is 45.1 Å². The van der Waals surface area contributed by atoms with Crippen molar-refractivity contribution in [3.63, 3.8) is 0 Å². The van der Waals surface area contributed by atoms with E-state index in [0.29, 0.717) is 0 Å². The molecule has 2 aromatic carbocycles. The predicted molar refractivity (Wildman–Crippen MR) is 114 cm³/mol. The van der Waals surface area contributed by atoms with Crippen LogP contribution in [0, 0.1) is 0 Å². The smallest absolute Gasteiger partial charge is 0.285 e. The summed E-state index contributed by atoms with van der Waals surface area (Å²) in [5.74, 6) is 0.375. The molecule has 5 heteroatoms. The van der Waals surface area contributed by atoms with Gasteiger partial charge in [0.1, 0.15) is 0 Å². The van der Waals surface area contributed by atoms with Crippen LogP contribution in [0.15, 0.2) is 54.6 Å². The Labute approximate surface area is 172 Å². The molecule has 0 unspecified atom stereocenters. The molecule has 2 fully saturated rings. The van der Waals surface area contributed by atoms with Crippen LogP contribution < -0.4 is 9.80 Å². The average Bonchev–Trinajstić information content (AvgIpc) is 3.30. The van der Waals surface area contributed by atoms with Crippen LogP contribution in [-0.2, 0) is 4.79 Å². The third-order valence-electron chi connectivity index (χ3n) is 6.25. The molecule has 2 saturated heterocycles. The summed E-state index contributed by atoms with van der Waals surface area (Å²) < 4.78 is 0. The number of anilines is 1. The van der Waals surface area contributed by atoms with E-state index in [1.54, 1.807) is 6.92 Å². The SMILES string of the molecule is CC(=O)c1ccc(N2CC[NH+]([C@@H](C(=O)N3CCCC3)c3ccccc3)CC2)cc1. The number of carbonyl (C=O) groups excluding carboxylic acids is 2. The lowest BCUT2D eigenvalue weighted by Crippen LogP contribution is -3.16. The number of Topliss-reactive ketones (excluding diaryl/α,β-unsaturated/α-hetero) is 1. The summed E-state index contributed by atoms with van der Waals surface area (Å²) in [4.78, 5) is 30.6. The van der Waals surface area contributed by atoms with Crippen LogP contribution >= 0.6 is 0 Å². The zero-order chi connectivity index (χ0) is 20.2. The molecule has 29 heavy (non-hydrogen) atoms. The van der Waals surface area contributed by atoms with Crippen LogP contribution in [0.5, 0.6) is 0 Å². The van der Waals surface area contributed by atoms with Crippen molar-refractivity contribution in [3.05, 3.63) is 65.7 Å². The van der Waals surface area contributed by atoms with Gasteiger partial charge in [-0.1, -0.05) is 30.3 Å². The van der Waals surface area contributed by atoms with Crippen molar-refractivity contribution in [1.82, 2.24) is 4.90 Å². The second-order valence-corrected chi connectivity index (χ2v) is 8.12. The second-order valence-electron chi connectivity index (χ2n) is 8.12. The molecule has 1 atom stereocenters. The number of likely N-dealkylation sites (tertiary alicyclic amines) is 1. The number of nitrogens with zero attached hydrogens (tertiary/aromatic N) is 2. The molecule has 0 bridgehead atoms. The first-order chi connectivity index (χ1) is 14.1. The lowest BCUT2D eigenvalue weighted by atomic mass is 10.0. The molecule has 1 amide bonds. The normalized spacial score (nSPS) is 18.7. The highest BCUT2D eigenvalue weighted by atomic mass is 16.2. The Hall–Kier alpha value is -2.66. The summed E-state index contributed by atoms with van der Waals surface area (Å²) in [5, 5.41) is 0. The summed E-state index contributed by atoms with van der Waals surface area (Å²) in [6.45, 7) is 7.05. The number of amides is 1. The molecule has 5 nitrogen and oxygen atoms in total. The lowest BCUT2D eigenvalue weighted by Gasteiger charge is -2.38. The zero-order valence-corrected chi connectivity index (χ0v) is 17.1. The number of quaternary nitrogens is 1. The maximum absolute atomic E-state index is 13.4. The quantitative estimate of drug-likeness (QED) is 0.792. The third-order valence-corrected chi connectivity index (χ3v) is 6.25. The van der Waals surface area contributed by atoms with Crippen molar-refractivity contribution in [1.29, 1.82) is 0 Å². The van der Waals surface area contributed by atoms with Crippen LogP contribution in [0.1, 0.15) is 41.7 Å². The summed E-state index contributed by atoms with van der Waals surface area (Å²) >= 11 is 0. The number of benzene rings is 2. The first-order valence-electron chi connectivity index (χ1n) is 10.7. The van der Waals surface area contributed by atoms with Gasteiger partial charge in [0.25, 0.3) is 5.91 Å². The molecule has 152 valence electrons. The zero-order valence-electron chi connectivity index (χ0n) is 17.1. The molecule has 0 spiro atoms. The number of hydrogen-bond acceptors (Lipinski definition) is 3. The highest BCUT2D eigenvalue weighted by Crippen LogP contribution is 2.19. The van der Waals surface area contributed by atoms with Gasteiger partial charge in [-0.25, -0.2) is 0 Å². The third kappa shape index (κ3) is 4.35. The fourth-order valence-electron chi connectivity index (χ4n) is 4.57. The predicted octanol–water partition coefficient (Wildman–Crippen LogP) is 1.96. The Balaban J connectivity index is 1.47. The van der Waals surface area contributed by atoms with Gasteiger partial charge in [-0.15, -0.1) is 0 Å². The molecule has 1 N–H and O–H groups in total. The van der Waals surface area contributed by atoms with E-state index < -0.39 is 0 Å². The fraction of sp³-hybridized carbons (Fsp3) is 0.417. The summed E-state index contributed by atoms with van der Waals surface area (Å²) in [7, 11) is 0. The number of ketones is 1. The van der Waals surface area contributed by atoms with Crippen LogP contribution in [0.4, 0.5) is 5.69 Å². The van der Waals surface area contributed by atoms with E-state index >= 15 is 0 Å². The van der Waals surface area contributed by atoms with Gasteiger partial charge in [0.15, 0.2) is 11.8 Å². The monoisotopic (exact) mass is 392 g/mol. The Morgan fingerprint density at radius 1 is 0.862 bits per heavy atom. The molecular weight excluding hydrogens is 362 g/mol. The number of carbonyl (C=O) groups is 2. The molecule has 2 aromatic rings. The van der Waals surface area contributed by atoms with Crippen molar-refractivity contribution in [2.45, 2.75) is 25.8 Å². The molecule has 0 aliphatic carbocycles. The van der Waals surface area contributed by atoms with Crippen molar-refractivity contribution < 1.29 is 14.5 Å². The van der Waals surface area contributed by atoms with E-state index in [4.69, 9.17) is 0 Å². The number of piperazine rings is 1. The highest BCUT2D eigenvalue weighted by molar-refractivity contribution is 5.94. The standard InChI is InChI=1S/C24H29N3O2/c1-19(28)20-9-11-22(12-10-20)25-15-17-26(18-16-25)23(21-7-3-2-4-8-21)24(29)27-13-5-6-14-27/h2-4,7-12,23H,5-6,13-18H2,1H3/p+1/t23-/m1/s1. The van der Waals surface area contributed by atoms with Gasteiger partial charge >= 0.3 is 0 Å². The van der Waals surface area contributed by atoms with Crippen molar-refractivity contribution in [3.8, 4) is 0 Å². The number of rotatable bonds is 5. The molecular formula is C24H30N3O2+. The van der Waals surface area contributed by atoms with E-state index in [2.05, 4.69) is 21.9 Å². The van der Waals surface area contributed by atoms with Gasteiger partial charge in [0.2, 0.25) is 0 Å². The molecule has 2 heterocycles. The summed E-state index contributed by atoms with van der Waals surface area (Å²) in [6, 6.07) is 18.0. The van der Waals surface area contributed by atoms with Crippen LogP contribution in [0.3, 0.4) is 0 Å². The molecule has 0 radical (unpaired) electrons. The van der Waals surface area contributed by atoms with Crippen LogP contribution in [-0.4, -0.2) is 55.9 Å². The maximum atomic E-state index is 13.4. The Kier molecular flexibility index (Phi) is 5.95. The Bertz CT molecular complexity index is 836. The second kappa shape index (κ2) is 8.78. The van der Waals surface area contributed by atoms with Gasteiger partial charge in [-0.05, 0) is 44.0 Å². The van der Waals surface area contributed by atoms with Gasteiger partial charge in [-0.2, -0.15) is 0 Å². The van der Waals surface area contributed by atoms with Gasteiger partial charge in [0, 0.05) is 29.9 Å². The molecule has 2 aliphatic heterocycles. The van der Waals surface area contributed by atoms with E-state index in [1.165, 1.54) is 4.90 Å². The number of nitrogens with one attached hydrogen (secondary N) is 1. The summed E-state index contributed by atoms with van der Waals surface area (Å²) in [6.07, 6.45) is 2.24. The Morgan fingerprint density at radius 2 is 1.48 bits per heavy atom. The fourth-order valence-corrected chi connectivity index (χ4v) is 4.57. The van der Waals surface area contributed by atoms with E-state index in [1.807, 2.05) is 42.5 Å². The molecule has 0 aromatic heterocycles. The summed E-state index contributed by atoms with van der Waals surface area (Å²) in [5.41, 5.74) is 3.02.